The molecule has 1 amide bonds. The van der Waals surface area contributed by atoms with Crippen molar-refractivity contribution in [2.45, 2.75) is 6.92 Å². The summed E-state index contributed by atoms with van der Waals surface area (Å²) in [4.78, 5) is 21.9. The van der Waals surface area contributed by atoms with Gasteiger partial charge in [-0.2, -0.15) is 5.26 Å². The van der Waals surface area contributed by atoms with Crippen molar-refractivity contribution in [3.63, 3.8) is 0 Å². The van der Waals surface area contributed by atoms with E-state index in [9.17, 15) is 4.79 Å². The van der Waals surface area contributed by atoms with E-state index in [0.717, 1.165) is 22.2 Å². The second kappa shape index (κ2) is 9.06. The summed E-state index contributed by atoms with van der Waals surface area (Å²) in [6, 6.07) is 23.1. The van der Waals surface area contributed by atoms with E-state index in [2.05, 4.69) is 21.7 Å². The largest absolute Gasteiger partial charge is 0.367 e. The number of carbonyl (C=O) groups is 1. The Hall–Kier alpha value is -4.24. The highest BCUT2D eigenvalue weighted by Gasteiger charge is 2.13. The number of para-hydroxylation sites is 1. The van der Waals surface area contributed by atoms with Gasteiger partial charge < -0.3 is 10.6 Å². The highest BCUT2D eigenvalue weighted by molar-refractivity contribution is 6.07. The zero-order valence-corrected chi connectivity index (χ0v) is 17.1. The van der Waals surface area contributed by atoms with Crippen LogP contribution in [0.2, 0.25) is 0 Å². The van der Waals surface area contributed by atoms with Crippen molar-refractivity contribution in [2.24, 2.45) is 0 Å². The van der Waals surface area contributed by atoms with Crippen molar-refractivity contribution in [3.05, 3.63) is 89.6 Å². The maximum atomic E-state index is 13.0. The highest BCUT2D eigenvalue weighted by Crippen LogP contribution is 2.25. The van der Waals surface area contributed by atoms with Crippen LogP contribution in [0.1, 0.15) is 21.5 Å². The lowest BCUT2D eigenvalue weighted by Gasteiger charge is -2.12. The predicted octanol–water partition coefficient (Wildman–Crippen LogP) is 4.32. The van der Waals surface area contributed by atoms with E-state index in [1.54, 1.807) is 18.3 Å². The number of nitrogens with one attached hydrogen (secondary N) is 2. The molecule has 0 aliphatic heterocycles. The third-order valence-corrected chi connectivity index (χ3v) is 4.94. The van der Waals surface area contributed by atoms with E-state index in [4.69, 9.17) is 10.2 Å². The average molecular weight is 407 g/mol. The molecule has 0 radical (unpaired) electrons. The molecule has 0 aliphatic rings. The molecule has 0 saturated heterocycles. The van der Waals surface area contributed by atoms with E-state index < -0.39 is 0 Å². The summed E-state index contributed by atoms with van der Waals surface area (Å²) in [6.07, 6.45) is 1.62. The van der Waals surface area contributed by atoms with Crippen molar-refractivity contribution in [3.8, 4) is 17.3 Å². The van der Waals surface area contributed by atoms with Gasteiger partial charge in [0.2, 0.25) is 0 Å². The fourth-order valence-corrected chi connectivity index (χ4v) is 3.32. The molecule has 6 nitrogen and oxygen atoms in total. The van der Waals surface area contributed by atoms with Gasteiger partial charge in [-0.1, -0.05) is 48.0 Å². The van der Waals surface area contributed by atoms with E-state index in [-0.39, 0.29) is 5.91 Å². The number of carbonyl (C=O) groups excluding carboxylic acids is 1. The highest BCUT2D eigenvalue weighted by atomic mass is 16.1. The molecule has 0 bridgehead atoms. The number of rotatable bonds is 6. The van der Waals surface area contributed by atoms with Gasteiger partial charge in [-0.15, -0.1) is 0 Å². The Morgan fingerprint density at radius 2 is 1.84 bits per heavy atom. The van der Waals surface area contributed by atoms with Crippen LogP contribution >= 0.6 is 0 Å². The molecule has 152 valence electrons. The van der Waals surface area contributed by atoms with Crippen LogP contribution in [0.5, 0.6) is 0 Å². The van der Waals surface area contributed by atoms with Crippen molar-refractivity contribution in [1.29, 1.82) is 5.26 Å². The fraction of sp³-hybridized carbons (Fsp3) is 0.120. The molecule has 0 fully saturated rings. The molecule has 0 spiro atoms. The van der Waals surface area contributed by atoms with Crippen LogP contribution in [0.3, 0.4) is 0 Å². The molecule has 4 aromatic rings. The summed E-state index contributed by atoms with van der Waals surface area (Å²) in [6.45, 7) is 2.87. The van der Waals surface area contributed by atoms with Crippen molar-refractivity contribution >= 4 is 22.6 Å². The molecule has 0 atom stereocenters. The molecular weight excluding hydrogens is 386 g/mol. The summed E-state index contributed by atoms with van der Waals surface area (Å²) >= 11 is 0. The molecule has 0 unspecified atom stereocenters. The smallest absolute Gasteiger partial charge is 0.252 e. The second-order valence-electron chi connectivity index (χ2n) is 7.13. The average Bonchev–Trinajstić information content (AvgIpc) is 2.81. The molecule has 2 aromatic heterocycles. The number of nitriles is 1. The van der Waals surface area contributed by atoms with Gasteiger partial charge >= 0.3 is 0 Å². The van der Waals surface area contributed by atoms with Crippen molar-refractivity contribution < 1.29 is 4.79 Å². The monoisotopic (exact) mass is 407 g/mol. The Bertz CT molecular complexity index is 1280. The van der Waals surface area contributed by atoms with Crippen molar-refractivity contribution in [1.82, 2.24) is 15.3 Å². The number of amides is 1. The van der Waals surface area contributed by atoms with Gasteiger partial charge in [-0.05, 0) is 31.2 Å². The lowest BCUT2D eigenvalue weighted by atomic mass is 10.0. The molecule has 2 N–H and O–H groups in total. The standard InChI is InChI=1S/C25H21N5O/c1-17-8-10-18(11-9-17)23-15-21(20-6-2-3-7-22(20)30-23)25(31)29-14-13-28-24-19(16-26)5-4-12-27-24/h2-12,15H,13-14H2,1H3,(H,27,28)(H,29,31). The van der Waals surface area contributed by atoms with E-state index in [0.29, 0.717) is 30.0 Å². The summed E-state index contributed by atoms with van der Waals surface area (Å²) < 4.78 is 0. The van der Waals surface area contributed by atoms with Gasteiger partial charge in [-0.3, -0.25) is 4.79 Å². The minimum absolute atomic E-state index is 0.171. The van der Waals surface area contributed by atoms with Gasteiger partial charge in [0, 0.05) is 30.2 Å². The first-order chi connectivity index (χ1) is 15.2. The molecular formula is C25H21N5O. The number of aromatic nitrogens is 2. The van der Waals surface area contributed by atoms with Crippen LogP contribution in [0.15, 0.2) is 72.9 Å². The van der Waals surface area contributed by atoms with Crippen LogP contribution in [0, 0.1) is 18.3 Å². The van der Waals surface area contributed by atoms with E-state index in [1.807, 2.05) is 61.5 Å². The first-order valence-electron chi connectivity index (χ1n) is 10.00. The van der Waals surface area contributed by atoms with E-state index in [1.165, 1.54) is 5.56 Å². The summed E-state index contributed by atoms with van der Waals surface area (Å²) in [5.41, 5.74) is 4.72. The van der Waals surface area contributed by atoms with Gasteiger partial charge in [0.25, 0.3) is 5.91 Å². The van der Waals surface area contributed by atoms with Crippen LogP contribution in [0.4, 0.5) is 5.82 Å². The lowest BCUT2D eigenvalue weighted by molar-refractivity contribution is 0.0957. The van der Waals surface area contributed by atoms with Gasteiger partial charge in [-0.25, -0.2) is 9.97 Å². The summed E-state index contributed by atoms with van der Waals surface area (Å²) in [5.74, 6) is 0.338. The maximum Gasteiger partial charge on any atom is 0.252 e. The quantitative estimate of drug-likeness (QED) is 0.465. The minimum Gasteiger partial charge on any atom is -0.367 e. The van der Waals surface area contributed by atoms with Gasteiger partial charge in [0.15, 0.2) is 0 Å². The number of hydrogen-bond donors (Lipinski definition) is 2. The zero-order chi connectivity index (χ0) is 21.6. The van der Waals surface area contributed by atoms with Crippen LogP contribution < -0.4 is 10.6 Å². The van der Waals surface area contributed by atoms with Crippen LogP contribution in [-0.4, -0.2) is 29.0 Å². The third kappa shape index (κ3) is 4.51. The molecule has 0 aliphatic carbocycles. The first kappa shape index (κ1) is 20.0. The number of nitrogens with zero attached hydrogens (tertiary/aromatic N) is 3. The van der Waals surface area contributed by atoms with Crippen LogP contribution in [0.25, 0.3) is 22.2 Å². The number of hydrogen-bond acceptors (Lipinski definition) is 5. The number of benzene rings is 2. The molecule has 2 aromatic carbocycles. The number of aryl methyl sites for hydroxylation is 1. The predicted molar refractivity (Wildman–Crippen MR) is 122 cm³/mol. The van der Waals surface area contributed by atoms with Gasteiger partial charge in [0.1, 0.15) is 11.9 Å². The Morgan fingerprint density at radius 1 is 1.03 bits per heavy atom. The topological polar surface area (TPSA) is 90.7 Å². The van der Waals surface area contributed by atoms with E-state index >= 15 is 0 Å². The molecule has 2 heterocycles. The summed E-state index contributed by atoms with van der Waals surface area (Å²) in [5, 5.41) is 16.0. The Kier molecular flexibility index (Phi) is 5.86. The third-order valence-electron chi connectivity index (χ3n) is 4.94. The SMILES string of the molecule is Cc1ccc(-c2cc(C(=O)NCCNc3ncccc3C#N)c3ccccc3n2)cc1. The van der Waals surface area contributed by atoms with Crippen LogP contribution in [-0.2, 0) is 0 Å². The Morgan fingerprint density at radius 3 is 2.65 bits per heavy atom. The number of anilines is 1. The normalized spacial score (nSPS) is 10.5. The molecule has 4 rings (SSSR count). The van der Waals surface area contributed by atoms with Crippen molar-refractivity contribution in [2.75, 3.05) is 18.4 Å². The molecule has 0 saturated carbocycles. The minimum atomic E-state index is -0.171. The Balaban J connectivity index is 1.53. The maximum absolute atomic E-state index is 13.0. The number of pyridine rings is 2. The number of fused-ring (bicyclic) bond motifs is 1. The zero-order valence-electron chi connectivity index (χ0n) is 17.1. The first-order valence-corrected chi connectivity index (χ1v) is 10.00. The fourth-order valence-electron chi connectivity index (χ4n) is 3.32. The molecule has 6 heteroatoms. The molecule has 31 heavy (non-hydrogen) atoms. The summed E-state index contributed by atoms with van der Waals surface area (Å²) in [7, 11) is 0. The van der Waals surface area contributed by atoms with Gasteiger partial charge in [0.05, 0.1) is 22.3 Å². The Labute approximate surface area is 180 Å². The second-order valence-corrected chi connectivity index (χ2v) is 7.13. The lowest BCUT2D eigenvalue weighted by Crippen LogP contribution is -2.29.